The van der Waals surface area contributed by atoms with Crippen LogP contribution < -0.4 is 20.3 Å². The number of hydrogen-bond donors (Lipinski definition) is 1. The molecule has 9 nitrogen and oxygen atoms in total. The molecule has 2 rings (SSSR count). The first-order valence-electron chi connectivity index (χ1n) is 7.23. The van der Waals surface area contributed by atoms with Gasteiger partial charge in [0.25, 0.3) is 11.2 Å². The number of aromatic nitrogens is 1. The van der Waals surface area contributed by atoms with Crippen molar-refractivity contribution in [3.05, 3.63) is 56.5 Å². The van der Waals surface area contributed by atoms with Crippen LogP contribution in [0, 0.1) is 17.0 Å². The zero-order valence-corrected chi connectivity index (χ0v) is 13.9. The number of aryl methyl sites for hydroxylation is 1. The van der Waals surface area contributed by atoms with Crippen molar-refractivity contribution < 1.29 is 19.2 Å². The summed E-state index contributed by atoms with van der Waals surface area (Å²) in [4.78, 5) is 34.5. The molecular weight excluding hydrogens is 330 g/mol. The van der Waals surface area contributed by atoms with Crippen molar-refractivity contribution in [2.24, 2.45) is 0 Å². The second kappa shape index (κ2) is 7.47. The lowest BCUT2D eigenvalue weighted by Crippen LogP contribution is -2.27. The van der Waals surface area contributed by atoms with Gasteiger partial charge in [0, 0.05) is 17.7 Å². The van der Waals surface area contributed by atoms with Gasteiger partial charge in [-0.1, -0.05) is 0 Å². The minimum atomic E-state index is -0.602. The molecule has 0 saturated carbocycles. The molecule has 0 aliphatic rings. The molecule has 0 bridgehead atoms. The molecule has 1 aromatic heterocycles. The quantitative estimate of drug-likeness (QED) is 0.629. The molecule has 0 radical (unpaired) electrons. The van der Waals surface area contributed by atoms with Gasteiger partial charge in [-0.3, -0.25) is 24.3 Å². The van der Waals surface area contributed by atoms with Crippen molar-refractivity contribution in [2.75, 3.05) is 19.5 Å². The fourth-order valence-electron chi connectivity index (χ4n) is 2.22. The molecule has 1 N–H and O–H groups in total. The lowest BCUT2D eigenvalue weighted by atomic mass is 10.2. The summed E-state index contributed by atoms with van der Waals surface area (Å²) in [6, 6.07) is 5.95. The lowest BCUT2D eigenvalue weighted by molar-refractivity contribution is -0.385. The van der Waals surface area contributed by atoms with Crippen molar-refractivity contribution in [2.45, 2.75) is 13.5 Å². The maximum Gasteiger partial charge on any atom is 0.288 e. The molecule has 1 aromatic carbocycles. The second-order valence-corrected chi connectivity index (χ2v) is 5.18. The lowest BCUT2D eigenvalue weighted by Gasteiger charge is -2.12. The van der Waals surface area contributed by atoms with E-state index >= 15 is 0 Å². The molecule has 1 amide bonds. The smallest absolute Gasteiger partial charge is 0.288 e. The predicted octanol–water partition coefficient (Wildman–Crippen LogP) is 1.72. The van der Waals surface area contributed by atoms with Gasteiger partial charge < -0.3 is 14.8 Å². The highest BCUT2D eigenvalue weighted by Crippen LogP contribution is 2.29. The Bertz CT molecular complexity index is 875. The maximum atomic E-state index is 12.2. The van der Waals surface area contributed by atoms with E-state index in [1.165, 1.54) is 21.1 Å². The van der Waals surface area contributed by atoms with E-state index in [2.05, 4.69) is 5.32 Å². The van der Waals surface area contributed by atoms with Crippen LogP contribution in [0.3, 0.4) is 0 Å². The average Bonchev–Trinajstić information content (AvgIpc) is 2.57. The van der Waals surface area contributed by atoms with E-state index in [0.29, 0.717) is 17.2 Å². The van der Waals surface area contributed by atoms with Crippen LogP contribution in [0.2, 0.25) is 0 Å². The number of carbonyl (C=O) groups excluding carboxylic acids is 1. The number of pyridine rings is 1. The molecule has 0 spiro atoms. The van der Waals surface area contributed by atoms with Crippen molar-refractivity contribution >= 4 is 17.3 Å². The molecule has 132 valence electrons. The van der Waals surface area contributed by atoms with E-state index in [1.807, 2.05) is 0 Å². The molecule has 2 aromatic rings. The number of rotatable bonds is 6. The highest BCUT2D eigenvalue weighted by Gasteiger charge is 2.16. The topological polar surface area (TPSA) is 113 Å². The van der Waals surface area contributed by atoms with Gasteiger partial charge in [-0.25, -0.2) is 0 Å². The number of nitrogens with one attached hydrogen (secondary N) is 1. The first kappa shape index (κ1) is 18.0. The standard InChI is InChI=1S/C16H17N3O6/c1-10-6-16(21)18(8-13(10)19(22)23)9-15(20)17-12-5-4-11(24-2)7-14(12)25-3/h4-8H,9H2,1-3H3,(H,17,20). The van der Waals surface area contributed by atoms with E-state index in [-0.39, 0.29) is 17.8 Å². The van der Waals surface area contributed by atoms with Crippen molar-refractivity contribution in [3.8, 4) is 11.5 Å². The number of ether oxygens (including phenoxy) is 2. The first-order chi connectivity index (χ1) is 11.8. The van der Waals surface area contributed by atoms with E-state index < -0.39 is 16.4 Å². The summed E-state index contributed by atoms with van der Waals surface area (Å²) in [7, 11) is 2.95. The van der Waals surface area contributed by atoms with Crippen LogP contribution in [0.5, 0.6) is 11.5 Å². The zero-order valence-electron chi connectivity index (χ0n) is 13.9. The highest BCUT2D eigenvalue weighted by molar-refractivity contribution is 5.92. The Hall–Kier alpha value is -3.36. The highest BCUT2D eigenvalue weighted by atomic mass is 16.6. The fraction of sp³-hybridized carbons (Fsp3) is 0.250. The van der Waals surface area contributed by atoms with Crippen molar-refractivity contribution in [1.82, 2.24) is 4.57 Å². The Kier molecular flexibility index (Phi) is 5.38. The minimum Gasteiger partial charge on any atom is -0.497 e. The van der Waals surface area contributed by atoms with Crippen molar-refractivity contribution in [1.29, 1.82) is 0 Å². The number of nitro groups is 1. The minimum absolute atomic E-state index is 0.227. The normalized spacial score (nSPS) is 10.2. The monoisotopic (exact) mass is 347 g/mol. The van der Waals surface area contributed by atoms with Crippen molar-refractivity contribution in [3.63, 3.8) is 0 Å². The summed E-state index contributed by atoms with van der Waals surface area (Å²) in [5, 5.41) is 13.6. The van der Waals surface area contributed by atoms with Gasteiger partial charge in [-0.2, -0.15) is 0 Å². The Morgan fingerprint density at radius 1 is 1.28 bits per heavy atom. The van der Waals surface area contributed by atoms with Crippen LogP contribution in [0.1, 0.15) is 5.56 Å². The third-order valence-corrected chi connectivity index (χ3v) is 3.50. The van der Waals surface area contributed by atoms with E-state index in [9.17, 15) is 19.7 Å². The number of nitrogens with zero attached hydrogens (tertiary/aromatic N) is 2. The van der Waals surface area contributed by atoms with Gasteiger partial charge in [0.15, 0.2) is 0 Å². The largest absolute Gasteiger partial charge is 0.497 e. The number of carbonyl (C=O) groups is 1. The Morgan fingerprint density at radius 3 is 2.60 bits per heavy atom. The predicted molar refractivity (Wildman–Crippen MR) is 90.3 cm³/mol. The van der Waals surface area contributed by atoms with Crippen LogP contribution in [0.4, 0.5) is 11.4 Å². The molecule has 25 heavy (non-hydrogen) atoms. The van der Waals surface area contributed by atoms with Gasteiger partial charge in [-0.15, -0.1) is 0 Å². The molecule has 0 aliphatic heterocycles. The molecule has 9 heteroatoms. The molecule has 0 aliphatic carbocycles. The molecule has 0 unspecified atom stereocenters. The summed E-state index contributed by atoms with van der Waals surface area (Å²) < 4.78 is 11.2. The SMILES string of the molecule is COc1ccc(NC(=O)Cn2cc([N+](=O)[O-])c(C)cc2=O)c(OC)c1. The van der Waals surface area contributed by atoms with Crippen LogP contribution in [-0.2, 0) is 11.3 Å². The Balaban J connectivity index is 2.22. The number of hydrogen-bond acceptors (Lipinski definition) is 6. The van der Waals surface area contributed by atoms with E-state index in [0.717, 1.165) is 16.8 Å². The summed E-state index contributed by atoms with van der Waals surface area (Å²) in [5.74, 6) is 0.416. The van der Waals surface area contributed by atoms with E-state index in [4.69, 9.17) is 9.47 Å². The van der Waals surface area contributed by atoms with Crippen LogP contribution in [0.15, 0.2) is 35.3 Å². The molecular formula is C16H17N3O6. The zero-order chi connectivity index (χ0) is 18.6. The Morgan fingerprint density at radius 2 is 2.00 bits per heavy atom. The number of amides is 1. The Labute approximate surface area is 142 Å². The summed E-state index contributed by atoms with van der Waals surface area (Å²) in [6.45, 7) is 1.10. The third kappa shape index (κ3) is 4.14. The number of anilines is 1. The molecule has 0 saturated heterocycles. The summed E-state index contributed by atoms with van der Waals surface area (Å²) in [5.41, 5.74) is -0.0965. The average molecular weight is 347 g/mol. The van der Waals surface area contributed by atoms with Gasteiger partial charge in [0.2, 0.25) is 5.91 Å². The summed E-state index contributed by atoms with van der Waals surface area (Å²) >= 11 is 0. The van der Waals surface area contributed by atoms with Gasteiger partial charge in [0.05, 0.1) is 31.0 Å². The number of methoxy groups -OCH3 is 2. The fourth-order valence-corrected chi connectivity index (χ4v) is 2.22. The second-order valence-electron chi connectivity index (χ2n) is 5.18. The van der Waals surface area contributed by atoms with Crippen LogP contribution >= 0.6 is 0 Å². The van der Waals surface area contributed by atoms with Gasteiger partial charge in [-0.05, 0) is 19.1 Å². The third-order valence-electron chi connectivity index (χ3n) is 3.50. The van der Waals surface area contributed by atoms with Gasteiger partial charge in [0.1, 0.15) is 18.0 Å². The first-order valence-corrected chi connectivity index (χ1v) is 7.23. The van der Waals surface area contributed by atoms with E-state index in [1.54, 1.807) is 18.2 Å². The summed E-state index contributed by atoms with van der Waals surface area (Å²) in [6.07, 6.45) is 1.06. The molecule has 1 heterocycles. The molecule has 0 atom stereocenters. The van der Waals surface area contributed by atoms with Gasteiger partial charge >= 0.3 is 0 Å². The van der Waals surface area contributed by atoms with Crippen LogP contribution in [0.25, 0.3) is 0 Å². The number of benzene rings is 1. The molecule has 0 fully saturated rings. The maximum absolute atomic E-state index is 12.2. The van der Waals surface area contributed by atoms with Crippen LogP contribution in [-0.4, -0.2) is 29.6 Å².